The van der Waals surface area contributed by atoms with E-state index in [1.807, 2.05) is 13.0 Å². The van der Waals surface area contributed by atoms with E-state index in [1.54, 1.807) is 18.2 Å². The molecule has 0 radical (unpaired) electrons. The van der Waals surface area contributed by atoms with E-state index in [1.165, 1.54) is 0 Å². The van der Waals surface area contributed by atoms with Gasteiger partial charge in [-0.15, -0.1) is 0 Å². The average molecular weight is 344 g/mol. The Kier molecular flexibility index (Phi) is 5.36. The Bertz CT molecular complexity index is 649. The number of hydrogen-bond acceptors (Lipinski definition) is 4. The van der Waals surface area contributed by atoms with Gasteiger partial charge in [-0.3, -0.25) is 19.3 Å². The SMILES string of the molecule is CCCOc1ccccc1NC(=O)CN1C(=O)C2CCCCC2C1=O. The van der Waals surface area contributed by atoms with Gasteiger partial charge in [0.15, 0.2) is 0 Å². The summed E-state index contributed by atoms with van der Waals surface area (Å²) in [5.74, 6) is -0.637. The van der Waals surface area contributed by atoms with Gasteiger partial charge in [0, 0.05) is 0 Å². The summed E-state index contributed by atoms with van der Waals surface area (Å²) in [6, 6.07) is 7.16. The summed E-state index contributed by atoms with van der Waals surface area (Å²) in [6.45, 7) is 2.33. The number of para-hydroxylation sites is 2. The lowest BCUT2D eigenvalue weighted by Crippen LogP contribution is -2.38. The Hall–Kier alpha value is -2.37. The molecule has 2 fully saturated rings. The van der Waals surface area contributed by atoms with Crippen molar-refractivity contribution in [3.63, 3.8) is 0 Å². The van der Waals surface area contributed by atoms with Gasteiger partial charge in [0.1, 0.15) is 12.3 Å². The van der Waals surface area contributed by atoms with E-state index >= 15 is 0 Å². The summed E-state index contributed by atoms with van der Waals surface area (Å²) in [5, 5.41) is 2.76. The molecule has 1 saturated heterocycles. The maximum atomic E-state index is 12.4. The second kappa shape index (κ2) is 7.68. The third-order valence-electron chi connectivity index (χ3n) is 4.86. The zero-order valence-electron chi connectivity index (χ0n) is 14.5. The Morgan fingerprint density at radius 2 is 1.80 bits per heavy atom. The van der Waals surface area contributed by atoms with Crippen LogP contribution in [0.15, 0.2) is 24.3 Å². The average Bonchev–Trinajstić information content (AvgIpc) is 2.86. The second-order valence-corrected chi connectivity index (χ2v) is 6.65. The molecule has 6 heteroatoms. The van der Waals surface area contributed by atoms with Gasteiger partial charge in [-0.25, -0.2) is 0 Å². The number of imide groups is 1. The molecule has 1 saturated carbocycles. The van der Waals surface area contributed by atoms with Gasteiger partial charge in [-0.2, -0.15) is 0 Å². The summed E-state index contributed by atoms with van der Waals surface area (Å²) in [4.78, 5) is 38.4. The number of ether oxygens (including phenoxy) is 1. The maximum absolute atomic E-state index is 12.4. The number of hydrogen-bond donors (Lipinski definition) is 1. The molecule has 0 spiro atoms. The molecule has 1 heterocycles. The summed E-state index contributed by atoms with van der Waals surface area (Å²) in [6.07, 6.45) is 4.31. The minimum absolute atomic E-state index is 0.194. The number of likely N-dealkylation sites (tertiary alicyclic amines) is 1. The molecular weight excluding hydrogens is 320 g/mol. The fourth-order valence-electron chi connectivity index (χ4n) is 3.63. The largest absolute Gasteiger partial charge is 0.491 e. The molecular formula is C19H24N2O4. The Morgan fingerprint density at radius 3 is 2.44 bits per heavy atom. The van der Waals surface area contributed by atoms with Crippen LogP contribution in [0.2, 0.25) is 0 Å². The lowest BCUT2D eigenvalue weighted by atomic mass is 9.81. The third-order valence-corrected chi connectivity index (χ3v) is 4.86. The third kappa shape index (κ3) is 3.67. The molecule has 0 bridgehead atoms. The van der Waals surface area contributed by atoms with Crippen LogP contribution in [0, 0.1) is 11.8 Å². The fraction of sp³-hybridized carbons (Fsp3) is 0.526. The van der Waals surface area contributed by atoms with E-state index in [9.17, 15) is 14.4 Å². The Balaban J connectivity index is 1.65. The van der Waals surface area contributed by atoms with Crippen LogP contribution in [0.3, 0.4) is 0 Å². The zero-order chi connectivity index (χ0) is 17.8. The minimum atomic E-state index is -0.382. The molecule has 25 heavy (non-hydrogen) atoms. The van der Waals surface area contributed by atoms with Crippen LogP contribution in [-0.2, 0) is 14.4 Å². The maximum Gasteiger partial charge on any atom is 0.244 e. The highest BCUT2D eigenvalue weighted by Gasteiger charge is 2.48. The minimum Gasteiger partial charge on any atom is -0.491 e. The van der Waals surface area contributed by atoms with Crippen molar-refractivity contribution >= 4 is 23.4 Å². The predicted octanol–water partition coefficient (Wildman–Crippen LogP) is 2.59. The van der Waals surface area contributed by atoms with E-state index in [-0.39, 0.29) is 36.1 Å². The highest BCUT2D eigenvalue weighted by atomic mass is 16.5. The Labute approximate surface area is 147 Å². The number of amides is 3. The first-order valence-corrected chi connectivity index (χ1v) is 8.98. The first kappa shape index (κ1) is 17.5. The lowest BCUT2D eigenvalue weighted by Gasteiger charge is -2.19. The highest BCUT2D eigenvalue weighted by molar-refractivity contribution is 6.08. The number of nitrogens with one attached hydrogen (secondary N) is 1. The molecule has 2 unspecified atom stereocenters. The van der Waals surface area contributed by atoms with E-state index in [4.69, 9.17) is 4.74 Å². The zero-order valence-corrected chi connectivity index (χ0v) is 14.5. The summed E-state index contributed by atoms with van der Waals surface area (Å²) < 4.78 is 5.61. The van der Waals surface area contributed by atoms with Crippen molar-refractivity contribution in [1.82, 2.24) is 4.90 Å². The summed E-state index contributed by atoms with van der Waals surface area (Å²) in [7, 11) is 0. The van der Waals surface area contributed by atoms with Crippen molar-refractivity contribution < 1.29 is 19.1 Å². The number of anilines is 1. The van der Waals surface area contributed by atoms with Gasteiger partial charge in [0.2, 0.25) is 17.7 Å². The second-order valence-electron chi connectivity index (χ2n) is 6.65. The van der Waals surface area contributed by atoms with Crippen LogP contribution in [-0.4, -0.2) is 35.8 Å². The molecule has 2 atom stereocenters. The molecule has 0 aromatic heterocycles. The van der Waals surface area contributed by atoms with Crippen molar-refractivity contribution in [2.75, 3.05) is 18.5 Å². The molecule has 2 aliphatic rings. The van der Waals surface area contributed by atoms with Crippen molar-refractivity contribution in [3.05, 3.63) is 24.3 Å². The molecule has 1 aromatic rings. The smallest absolute Gasteiger partial charge is 0.244 e. The highest BCUT2D eigenvalue weighted by Crippen LogP contribution is 2.37. The monoisotopic (exact) mass is 344 g/mol. The van der Waals surface area contributed by atoms with Crippen LogP contribution in [0.25, 0.3) is 0 Å². The van der Waals surface area contributed by atoms with E-state index in [2.05, 4.69) is 5.32 Å². The van der Waals surface area contributed by atoms with Crippen LogP contribution < -0.4 is 10.1 Å². The van der Waals surface area contributed by atoms with Crippen molar-refractivity contribution in [2.45, 2.75) is 39.0 Å². The van der Waals surface area contributed by atoms with Crippen LogP contribution in [0.4, 0.5) is 5.69 Å². The number of fused-ring (bicyclic) bond motifs is 1. The first-order chi connectivity index (χ1) is 12.1. The predicted molar refractivity (Wildman–Crippen MR) is 93.0 cm³/mol. The lowest BCUT2D eigenvalue weighted by molar-refractivity contribution is -0.142. The summed E-state index contributed by atoms with van der Waals surface area (Å²) in [5.41, 5.74) is 0.553. The van der Waals surface area contributed by atoms with E-state index in [0.29, 0.717) is 18.0 Å². The van der Waals surface area contributed by atoms with Gasteiger partial charge < -0.3 is 10.1 Å². The standard InChI is InChI=1S/C19H24N2O4/c1-2-11-25-16-10-6-5-9-15(16)20-17(22)12-21-18(23)13-7-3-4-8-14(13)19(21)24/h5-6,9-10,13-14H,2-4,7-8,11-12H2,1H3,(H,20,22). The normalized spacial score (nSPS) is 22.7. The number of carbonyl (C=O) groups excluding carboxylic acids is 3. The van der Waals surface area contributed by atoms with Crippen LogP contribution >= 0.6 is 0 Å². The van der Waals surface area contributed by atoms with Crippen molar-refractivity contribution in [1.29, 1.82) is 0 Å². The molecule has 1 N–H and O–H groups in total. The van der Waals surface area contributed by atoms with Gasteiger partial charge in [0.05, 0.1) is 24.1 Å². The first-order valence-electron chi connectivity index (χ1n) is 8.98. The van der Waals surface area contributed by atoms with E-state index in [0.717, 1.165) is 37.0 Å². The topological polar surface area (TPSA) is 75.7 Å². The number of nitrogens with zero attached hydrogens (tertiary/aromatic N) is 1. The quantitative estimate of drug-likeness (QED) is 0.805. The number of rotatable bonds is 6. The van der Waals surface area contributed by atoms with Crippen molar-refractivity contribution in [3.8, 4) is 5.75 Å². The fourth-order valence-corrected chi connectivity index (χ4v) is 3.63. The Morgan fingerprint density at radius 1 is 1.16 bits per heavy atom. The molecule has 1 aromatic carbocycles. The molecule has 1 aliphatic heterocycles. The van der Waals surface area contributed by atoms with Gasteiger partial charge >= 0.3 is 0 Å². The van der Waals surface area contributed by atoms with Gasteiger partial charge in [-0.05, 0) is 31.4 Å². The van der Waals surface area contributed by atoms with Crippen LogP contribution in [0.5, 0.6) is 5.75 Å². The van der Waals surface area contributed by atoms with E-state index < -0.39 is 0 Å². The van der Waals surface area contributed by atoms with Crippen molar-refractivity contribution in [2.24, 2.45) is 11.8 Å². The molecule has 1 aliphatic carbocycles. The molecule has 134 valence electrons. The number of carbonyl (C=O) groups is 3. The number of benzene rings is 1. The molecule has 3 rings (SSSR count). The van der Waals surface area contributed by atoms with Crippen LogP contribution in [0.1, 0.15) is 39.0 Å². The van der Waals surface area contributed by atoms with Gasteiger partial charge in [-0.1, -0.05) is 31.9 Å². The van der Waals surface area contributed by atoms with Gasteiger partial charge in [0.25, 0.3) is 0 Å². The molecule has 3 amide bonds. The summed E-state index contributed by atoms with van der Waals surface area (Å²) >= 11 is 0. The molecule has 6 nitrogen and oxygen atoms in total.